The second-order valence-electron chi connectivity index (χ2n) is 14.3. The molecule has 1 unspecified atom stereocenters. The van der Waals surface area contributed by atoms with Crippen LogP contribution in [-0.2, 0) is 28.6 Å². The molecule has 0 aromatic heterocycles. The highest BCUT2D eigenvalue weighted by molar-refractivity contribution is 5.71. The fraction of sp³-hybridized carbons (Fsp3) is 0.884. The maximum absolute atomic E-state index is 12.6. The average Bonchev–Trinajstić information content (AvgIpc) is 3.09. The Balaban J connectivity index is 4.21. The molecule has 0 rings (SSSR count). The van der Waals surface area contributed by atoms with E-state index in [1.165, 1.54) is 116 Å². The van der Waals surface area contributed by atoms with E-state index in [0.717, 1.165) is 70.6 Å². The first-order valence-corrected chi connectivity index (χ1v) is 21.2. The van der Waals surface area contributed by atoms with E-state index in [4.69, 9.17) is 14.2 Å². The van der Waals surface area contributed by atoms with Crippen LogP contribution in [0.3, 0.4) is 0 Å². The van der Waals surface area contributed by atoms with Gasteiger partial charge in [0.2, 0.25) is 0 Å². The van der Waals surface area contributed by atoms with Gasteiger partial charge < -0.3 is 14.2 Å². The van der Waals surface area contributed by atoms with Crippen LogP contribution in [0, 0.1) is 0 Å². The van der Waals surface area contributed by atoms with Gasteiger partial charge in [-0.3, -0.25) is 14.4 Å². The molecule has 0 N–H and O–H groups in total. The number of rotatable bonds is 38. The number of carbonyl (C=O) groups is 3. The number of carbonyl (C=O) groups excluding carboxylic acids is 3. The standard InChI is InChI=1S/C43H80O6/c1-4-7-10-13-15-17-19-20-21-22-23-24-26-27-30-33-36-42(45)48-39-40(38-47-41(44)35-32-29-12-9-6-3)49-43(46)37-34-31-28-25-18-16-14-11-8-5-2/h21-22,40H,4-20,23-39H2,1-3H3/b22-21-. The Bertz CT molecular complexity index is 763. The van der Waals surface area contributed by atoms with Crippen LogP contribution in [0.1, 0.15) is 226 Å². The molecule has 288 valence electrons. The molecule has 0 saturated carbocycles. The van der Waals surface area contributed by atoms with Crippen molar-refractivity contribution in [2.75, 3.05) is 13.2 Å². The summed E-state index contributed by atoms with van der Waals surface area (Å²) in [5.74, 6) is -0.891. The van der Waals surface area contributed by atoms with Crippen LogP contribution in [0.15, 0.2) is 12.2 Å². The quantitative estimate of drug-likeness (QED) is 0.0277. The Morgan fingerprint density at radius 1 is 0.388 bits per heavy atom. The highest BCUT2D eigenvalue weighted by Crippen LogP contribution is 2.14. The van der Waals surface area contributed by atoms with Gasteiger partial charge in [0.15, 0.2) is 6.10 Å². The Kier molecular flexibility index (Phi) is 37.5. The monoisotopic (exact) mass is 693 g/mol. The summed E-state index contributed by atoms with van der Waals surface area (Å²) in [6, 6.07) is 0. The van der Waals surface area contributed by atoms with Crippen LogP contribution in [0.2, 0.25) is 0 Å². The third-order valence-electron chi connectivity index (χ3n) is 9.27. The first-order chi connectivity index (χ1) is 24.0. The van der Waals surface area contributed by atoms with Crippen LogP contribution in [0.4, 0.5) is 0 Å². The van der Waals surface area contributed by atoms with E-state index in [-0.39, 0.29) is 31.1 Å². The van der Waals surface area contributed by atoms with Crippen LogP contribution < -0.4 is 0 Å². The lowest BCUT2D eigenvalue weighted by molar-refractivity contribution is -0.167. The zero-order valence-electron chi connectivity index (χ0n) is 32.7. The average molecular weight is 693 g/mol. The first-order valence-electron chi connectivity index (χ1n) is 21.2. The molecular weight excluding hydrogens is 612 g/mol. The molecule has 49 heavy (non-hydrogen) atoms. The molecule has 6 heteroatoms. The highest BCUT2D eigenvalue weighted by Gasteiger charge is 2.19. The molecule has 0 bridgehead atoms. The van der Waals surface area contributed by atoms with Gasteiger partial charge in [-0.05, 0) is 44.9 Å². The second-order valence-corrected chi connectivity index (χ2v) is 14.3. The largest absolute Gasteiger partial charge is 0.462 e. The van der Waals surface area contributed by atoms with Crippen LogP contribution in [0.5, 0.6) is 0 Å². The molecule has 0 aromatic carbocycles. The summed E-state index contributed by atoms with van der Waals surface area (Å²) < 4.78 is 16.5. The maximum atomic E-state index is 12.6. The smallest absolute Gasteiger partial charge is 0.306 e. The lowest BCUT2D eigenvalue weighted by atomic mass is 10.1. The molecule has 0 aliphatic heterocycles. The number of hydrogen-bond acceptors (Lipinski definition) is 6. The van der Waals surface area contributed by atoms with E-state index in [2.05, 4.69) is 32.9 Å². The molecule has 6 nitrogen and oxygen atoms in total. The van der Waals surface area contributed by atoms with Crippen LogP contribution in [0.25, 0.3) is 0 Å². The fourth-order valence-electron chi connectivity index (χ4n) is 6.02. The summed E-state index contributed by atoms with van der Waals surface area (Å²) in [7, 11) is 0. The van der Waals surface area contributed by atoms with Crippen molar-refractivity contribution in [1.29, 1.82) is 0 Å². The van der Waals surface area contributed by atoms with Gasteiger partial charge in [-0.25, -0.2) is 0 Å². The van der Waals surface area contributed by atoms with Gasteiger partial charge in [0.05, 0.1) is 0 Å². The zero-order chi connectivity index (χ0) is 35.9. The molecule has 0 fully saturated rings. The SMILES string of the molecule is CCCCCCCCC/C=C\CCCCCCCC(=O)OCC(COC(=O)CCCCCCC)OC(=O)CCCCCCCCCCCC. The molecule has 0 heterocycles. The molecule has 0 saturated heterocycles. The normalized spacial score (nSPS) is 12.0. The first kappa shape index (κ1) is 47.1. The van der Waals surface area contributed by atoms with E-state index in [9.17, 15) is 14.4 Å². The summed E-state index contributed by atoms with van der Waals surface area (Å²) >= 11 is 0. The van der Waals surface area contributed by atoms with Gasteiger partial charge in [0.25, 0.3) is 0 Å². The Hall–Kier alpha value is -1.85. The maximum Gasteiger partial charge on any atom is 0.306 e. The van der Waals surface area contributed by atoms with E-state index in [1.54, 1.807) is 0 Å². The van der Waals surface area contributed by atoms with Gasteiger partial charge in [-0.1, -0.05) is 174 Å². The number of hydrogen-bond donors (Lipinski definition) is 0. The molecule has 0 amide bonds. The number of unbranched alkanes of at least 4 members (excludes halogenated alkanes) is 25. The molecule has 1 atom stereocenters. The Labute approximate surface area is 303 Å². The minimum absolute atomic E-state index is 0.0711. The Morgan fingerprint density at radius 3 is 1.02 bits per heavy atom. The van der Waals surface area contributed by atoms with Crippen LogP contribution >= 0.6 is 0 Å². The summed E-state index contributed by atoms with van der Waals surface area (Å²) in [6.45, 7) is 6.53. The van der Waals surface area contributed by atoms with Crippen molar-refractivity contribution in [2.24, 2.45) is 0 Å². The van der Waals surface area contributed by atoms with Crippen LogP contribution in [-0.4, -0.2) is 37.2 Å². The zero-order valence-corrected chi connectivity index (χ0v) is 32.7. The minimum atomic E-state index is -0.762. The fourth-order valence-corrected chi connectivity index (χ4v) is 6.02. The highest BCUT2D eigenvalue weighted by atomic mass is 16.6. The van der Waals surface area contributed by atoms with E-state index in [0.29, 0.717) is 19.3 Å². The van der Waals surface area contributed by atoms with E-state index < -0.39 is 6.10 Å². The molecular formula is C43H80O6. The van der Waals surface area contributed by atoms with Gasteiger partial charge in [-0.2, -0.15) is 0 Å². The molecule has 0 radical (unpaired) electrons. The van der Waals surface area contributed by atoms with Gasteiger partial charge in [0.1, 0.15) is 13.2 Å². The third-order valence-corrected chi connectivity index (χ3v) is 9.27. The molecule has 0 aromatic rings. The van der Waals surface area contributed by atoms with Crippen molar-refractivity contribution in [3.63, 3.8) is 0 Å². The summed E-state index contributed by atoms with van der Waals surface area (Å²) in [5.41, 5.74) is 0. The van der Waals surface area contributed by atoms with Crippen molar-refractivity contribution in [3.05, 3.63) is 12.2 Å². The van der Waals surface area contributed by atoms with E-state index >= 15 is 0 Å². The molecule has 0 spiro atoms. The number of allylic oxidation sites excluding steroid dienone is 2. The topological polar surface area (TPSA) is 78.9 Å². The lowest BCUT2D eigenvalue weighted by Crippen LogP contribution is -2.30. The second kappa shape index (κ2) is 38.9. The van der Waals surface area contributed by atoms with Gasteiger partial charge >= 0.3 is 17.9 Å². The molecule has 0 aliphatic carbocycles. The predicted octanol–water partition coefficient (Wildman–Crippen LogP) is 13.1. The van der Waals surface area contributed by atoms with Crippen molar-refractivity contribution in [2.45, 2.75) is 232 Å². The summed E-state index contributed by atoms with van der Waals surface area (Å²) in [5, 5.41) is 0. The van der Waals surface area contributed by atoms with Gasteiger partial charge in [-0.15, -0.1) is 0 Å². The third kappa shape index (κ3) is 37.2. The molecule has 0 aliphatic rings. The predicted molar refractivity (Wildman–Crippen MR) is 206 cm³/mol. The Morgan fingerprint density at radius 2 is 0.673 bits per heavy atom. The summed E-state index contributed by atoms with van der Waals surface area (Å²) in [6.07, 6.45) is 39.4. The van der Waals surface area contributed by atoms with Crippen molar-refractivity contribution < 1.29 is 28.6 Å². The number of esters is 3. The van der Waals surface area contributed by atoms with Crippen molar-refractivity contribution >= 4 is 17.9 Å². The van der Waals surface area contributed by atoms with Crippen molar-refractivity contribution in [3.8, 4) is 0 Å². The minimum Gasteiger partial charge on any atom is -0.462 e. The summed E-state index contributed by atoms with van der Waals surface area (Å²) in [4.78, 5) is 37.3. The van der Waals surface area contributed by atoms with Gasteiger partial charge in [0, 0.05) is 19.3 Å². The lowest BCUT2D eigenvalue weighted by Gasteiger charge is -2.18. The van der Waals surface area contributed by atoms with E-state index in [1.807, 2.05) is 0 Å². The van der Waals surface area contributed by atoms with Crippen molar-refractivity contribution in [1.82, 2.24) is 0 Å². The number of ether oxygens (including phenoxy) is 3.